The molecule has 28 heavy (non-hydrogen) atoms. The standard InChI is InChI=1S/C20H28N6O2/c1-15(2)26-18-16(14-22-26)12-17(13-21-18)19(27)23-8-10-25(11-9-23)20(28)24-6-4-3-5-7-24/h12-15H,3-11H2,1-2H3. The molecule has 0 saturated carbocycles. The predicted molar refractivity (Wildman–Crippen MR) is 106 cm³/mol. The smallest absolute Gasteiger partial charge is 0.320 e. The van der Waals surface area contributed by atoms with Gasteiger partial charge in [0, 0.05) is 56.9 Å². The maximum Gasteiger partial charge on any atom is 0.320 e. The number of hydrogen-bond acceptors (Lipinski definition) is 4. The molecule has 0 aliphatic carbocycles. The van der Waals surface area contributed by atoms with E-state index in [0.717, 1.165) is 37.0 Å². The highest BCUT2D eigenvalue weighted by atomic mass is 16.2. The second-order valence-corrected chi connectivity index (χ2v) is 7.93. The van der Waals surface area contributed by atoms with Crippen molar-refractivity contribution in [1.29, 1.82) is 0 Å². The minimum Gasteiger partial charge on any atom is -0.335 e. The van der Waals surface area contributed by atoms with Crippen LogP contribution in [0.3, 0.4) is 0 Å². The number of carbonyl (C=O) groups excluding carboxylic acids is 2. The lowest BCUT2D eigenvalue weighted by Crippen LogP contribution is -2.54. The molecule has 0 aromatic carbocycles. The Morgan fingerprint density at radius 1 is 0.893 bits per heavy atom. The first kappa shape index (κ1) is 18.7. The predicted octanol–water partition coefficient (Wildman–Crippen LogP) is 2.38. The Kier molecular flexibility index (Phi) is 5.19. The minimum absolute atomic E-state index is 0.0308. The summed E-state index contributed by atoms with van der Waals surface area (Å²) in [7, 11) is 0. The lowest BCUT2D eigenvalue weighted by Gasteiger charge is -2.38. The Bertz CT molecular complexity index is 863. The van der Waals surface area contributed by atoms with E-state index in [1.807, 2.05) is 25.4 Å². The molecule has 2 aliphatic heterocycles. The molecule has 0 spiro atoms. The Hall–Kier alpha value is -2.64. The molecule has 0 atom stereocenters. The van der Waals surface area contributed by atoms with Gasteiger partial charge in [-0.2, -0.15) is 5.10 Å². The molecule has 4 heterocycles. The first-order chi connectivity index (χ1) is 13.5. The van der Waals surface area contributed by atoms with Crippen LogP contribution in [0.2, 0.25) is 0 Å². The van der Waals surface area contributed by atoms with Crippen LogP contribution in [-0.2, 0) is 0 Å². The average molecular weight is 384 g/mol. The fraction of sp³-hybridized carbons (Fsp3) is 0.600. The second kappa shape index (κ2) is 7.77. The van der Waals surface area contributed by atoms with Crippen molar-refractivity contribution in [3.8, 4) is 0 Å². The number of amides is 3. The van der Waals surface area contributed by atoms with E-state index in [0.29, 0.717) is 31.7 Å². The van der Waals surface area contributed by atoms with Crippen molar-refractivity contribution in [2.45, 2.75) is 39.2 Å². The van der Waals surface area contributed by atoms with Gasteiger partial charge < -0.3 is 14.7 Å². The summed E-state index contributed by atoms with van der Waals surface area (Å²) in [5.74, 6) is -0.0308. The molecule has 0 radical (unpaired) electrons. The quantitative estimate of drug-likeness (QED) is 0.797. The number of urea groups is 1. The number of fused-ring (bicyclic) bond motifs is 1. The van der Waals surface area contributed by atoms with Crippen LogP contribution in [-0.4, -0.2) is 80.7 Å². The molecule has 0 unspecified atom stereocenters. The van der Waals surface area contributed by atoms with Gasteiger partial charge in [-0.05, 0) is 39.2 Å². The summed E-state index contributed by atoms with van der Waals surface area (Å²) < 4.78 is 1.86. The molecule has 150 valence electrons. The summed E-state index contributed by atoms with van der Waals surface area (Å²) in [5.41, 5.74) is 1.37. The van der Waals surface area contributed by atoms with Gasteiger partial charge in [0.1, 0.15) is 0 Å². The first-order valence-electron chi connectivity index (χ1n) is 10.2. The van der Waals surface area contributed by atoms with Gasteiger partial charge in [-0.1, -0.05) is 0 Å². The zero-order chi connectivity index (χ0) is 19.7. The van der Waals surface area contributed by atoms with Gasteiger partial charge in [0.25, 0.3) is 5.91 Å². The van der Waals surface area contributed by atoms with Crippen molar-refractivity contribution >= 4 is 23.0 Å². The van der Waals surface area contributed by atoms with Gasteiger partial charge >= 0.3 is 6.03 Å². The number of carbonyl (C=O) groups is 2. The van der Waals surface area contributed by atoms with Gasteiger partial charge in [0.05, 0.1) is 11.8 Å². The Morgan fingerprint density at radius 2 is 1.54 bits per heavy atom. The van der Waals surface area contributed by atoms with E-state index < -0.39 is 0 Å². The van der Waals surface area contributed by atoms with Gasteiger partial charge in [-0.15, -0.1) is 0 Å². The molecule has 4 rings (SSSR count). The molecule has 0 bridgehead atoms. The Balaban J connectivity index is 1.39. The lowest BCUT2D eigenvalue weighted by molar-refractivity contribution is 0.0633. The normalized spacial score (nSPS) is 18.2. The number of aromatic nitrogens is 3. The molecule has 8 heteroatoms. The van der Waals surface area contributed by atoms with Gasteiger partial charge in [0.2, 0.25) is 0 Å². The summed E-state index contributed by atoms with van der Waals surface area (Å²) in [6, 6.07) is 2.20. The van der Waals surface area contributed by atoms with Crippen LogP contribution in [0.4, 0.5) is 4.79 Å². The van der Waals surface area contributed by atoms with Crippen LogP contribution < -0.4 is 0 Å². The van der Waals surface area contributed by atoms with E-state index in [1.165, 1.54) is 6.42 Å². The van der Waals surface area contributed by atoms with E-state index in [1.54, 1.807) is 12.4 Å². The van der Waals surface area contributed by atoms with Crippen molar-refractivity contribution < 1.29 is 9.59 Å². The molecule has 0 N–H and O–H groups in total. The average Bonchev–Trinajstić information content (AvgIpc) is 3.17. The van der Waals surface area contributed by atoms with Crippen molar-refractivity contribution in [2.24, 2.45) is 0 Å². The number of likely N-dealkylation sites (tertiary alicyclic amines) is 1. The summed E-state index contributed by atoms with van der Waals surface area (Å²) in [4.78, 5) is 35.6. The topological polar surface area (TPSA) is 74.6 Å². The molecular weight excluding hydrogens is 356 g/mol. The minimum atomic E-state index is -0.0308. The second-order valence-electron chi connectivity index (χ2n) is 7.93. The van der Waals surface area contributed by atoms with Crippen LogP contribution in [0, 0.1) is 0 Å². The highest BCUT2D eigenvalue weighted by Gasteiger charge is 2.28. The summed E-state index contributed by atoms with van der Waals surface area (Å²) in [5, 5.41) is 5.24. The number of pyridine rings is 1. The molecule has 3 amide bonds. The third kappa shape index (κ3) is 3.55. The number of nitrogens with zero attached hydrogens (tertiary/aromatic N) is 6. The highest BCUT2D eigenvalue weighted by molar-refractivity contribution is 5.97. The summed E-state index contributed by atoms with van der Waals surface area (Å²) in [6.45, 7) is 8.10. The van der Waals surface area contributed by atoms with Crippen molar-refractivity contribution in [2.75, 3.05) is 39.3 Å². The monoisotopic (exact) mass is 384 g/mol. The van der Waals surface area contributed by atoms with E-state index in [-0.39, 0.29) is 18.0 Å². The molecule has 2 aliphatic rings. The van der Waals surface area contributed by atoms with Gasteiger partial charge in [0.15, 0.2) is 5.65 Å². The lowest BCUT2D eigenvalue weighted by atomic mass is 10.1. The largest absolute Gasteiger partial charge is 0.335 e. The van der Waals surface area contributed by atoms with E-state index in [4.69, 9.17) is 0 Å². The highest BCUT2D eigenvalue weighted by Crippen LogP contribution is 2.19. The van der Waals surface area contributed by atoms with Crippen LogP contribution in [0.15, 0.2) is 18.5 Å². The first-order valence-corrected chi connectivity index (χ1v) is 10.2. The summed E-state index contributed by atoms with van der Waals surface area (Å²) in [6.07, 6.45) is 6.78. The van der Waals surface area contributed by atoms with Crippen molar-refractivity contribution in [1.82, 2.24) is 29.5 Å². The zero-order valence-electron chi connectivity index (χ0n) is 16.7. The fourth-order valence-electron chi connectivity index (χ4n) is 4.00. The molecule has 8 nitrogen and oxygen atoms in total. The van der Waals surface area contributed by atoms with Crippen molar-refractivity contribution in [3.05, 3.63) is 24.0 Å². The molecule has 2 saturated heterocycles. The maximum atomic E-state index is 12.9. The van der Waals surface area contributed by atoms with Gasteiger partial charge in [-0.3, -0.25) is 4.79 Å². The zero-order valence-corrected chi connectivity index (χ0v) is 16.7. The molecule has 2 fully saturated rings. The van der Waals surface area contributed by atoms with Crippen LogP contribution >= 0.6 is 0 Å². The van der Waals surface area contributed by atoms with Crippen LogP contribution in [0.25, 0.3) is 11.0 Å². The maximum absolute atomic E-state index is 12.9. The molecule has 2 aromatic heterocycles. The van der Waals surface area contributed by atoms with Crippen LogP contribution in [0.1, 0.15) is 49.5 Å². The molecule has 2 aromatic rings. The number of piperidine rings is 1. The Morgan fingerprint density at radius 3 is 2.21 bits per heavy atom. The number of hydrogen-bond donors (Lipinski definition) is 0. The van der Waals surface area contributed by atoms with E-state index >= 15 is 0 Å². The number of piperazine rings is 1. The third-order valence-electron chi connectivity index (χ3n) is 5.63. The summed E-state index contributed by atoms with van der Waals surface area (Å²) >= 11 is 0. The molecular formula is C20H28N6O2. The third-order valence-corrected chi connectivity index (χ3v) is 5.63. The van der Waals surface area contributed by atoms with E-state index in [9.17, 15) is 9.59 Å². The fourth-order valence-corrected chi connectivity index (χ4v) is 4.00. The van der Waals surface area contributed by atoms with Gasteiger partial charge in [-0.25, -0.2) is 14.5 Å². The van der Waals surface area contributed by atoms with Crippen molar-refractivity contribution in [3.63, 3.8) is 0 Å². The van der Waals surface area contributed by atoms with E-state index in [2.05, 4.69) is 23.9 Å². The van der Waals surface area contributed by atoms with Crippen LogP contribution in [0.5, 0.6) is 0 Å². The SMILES string of the molecule is CC(C)n1ncc2cc(C(=O)N3CCN(C(=O)N4CCCCC4)CC3)cnc21. The number of rotatable bonds is 2. The Labute approximate surface area is 165 Å².